The fraction of sp³-hybridized carbons (Fsp3) is 0.188. The van der Waals surface area contributed by atoms with Crippen molar-refractivity contribution in [2.45, 2.75) is 11.8 Å². The summed E-state index contributed by atoms with van der Waals surface area (Å²) in [6.45, 7) is 1.91. The fourth-order valence-electron chi connectivity index (χ4n) is 1.92. The number of carbonyl (C=O) groups is 1. The Morgan fingerprint density at radius 1 is 1.09 bits per heavy atom. The van der Waals surface area contributed by atoms with E-state index in [1.165, 1.54) is 0 Å². The Hall–Kier alpha value is -2.34. The van der Waals surface area contributed by atoms with Gasteiger partial charge in [0.1, 0.15) is 0 Å². The first-order valence-electron chi connectivity index (χ1n) is 6.76. The molecule has 0 aliphatic rings. The van der Waals surface area contributed by atoms with E-state index in [4.69, 9.17) is 0 Å². The molecule has 0 aromatic heterocycles. The van der Waals surface area contributed by atoms with Gasteiger partial charge in [-0.2, -0.15) is 0 Å². The lowest BCUT2D eigenvalue weighted by molar-refractivity contribution is -0.114. The standard InChI is InChI=1S/C16H18N2O3S/c1-12-8-9-14(22(2,20)21)10-15(12)17-11-16(19)18-13-6-4-3-5-7-13/h3-10,17H,11H2,1-2H3,(H,18,19). The van der Waals surface area contributed by atoms with Crippen molar-refractivity contribution in [3.05, 3.63) is 54.1 Å². The van der Waals surface area contributed by atoms with E-state index in [-0.39, 0.29) is 17.3 Å². The normalized spacial score (nSPS) is 11.0. The molecule has 2 N–H and O–H groups in total. The second-order valence-corrected chi connectivity index (χ2v) is 7.03. The lowest BCUT2D eigenvalue weighted by atomic mass is 10.2. The number of rotatable bonds is 5. The molecule has 2 aromatic carbocycles. The molecule has 0 aliphatic carbocycles. The Bertz CT molecular complexity index is 771. The molecule has 0 fully saturated rings. The Morgan fingerprint density at radius 2 is 1.77 bits per heavy atom. The van der Waals surface area contributed by atoms with Crippen molar-refractivity contribution < 1.29 is 13.2 Å². The lowest BCUT2D eigenvalue weighted by Crippen LogP contribution is -2.22. The first kappa shape index (κ1) is 16.0. The maximum absolute atomic E-state index is 11.9. The minimum Gasteiger partial charge on any atom is -0.376 e. The van der Waals surface area contributed by atoms with Crippen LogP contribution in [0.3, 0.4) is 0 Å². The van der Waals surface area contributed by atoms with Crippen LogP contribution in [0.4, 0.5) is 11.4 Å². The molecule has 0 saturated carbocycles. The third kappa shape index (κ3) is 4.33. The van der Waals surface area contributed by atoms with Crippen molar-refractivity contribution in [2.75, 3.05) is 23.4 Å². The topological polar surface area (TPSA) is 75.3 Å². The SMILES string of the molecule is Cc1ccc(S(C)(=O)=O)cc1NCC(=O)Nc1ccccc1. The largest absolute Gasteiger partial charge is 0.376 e. The molecule has 1 amide bonds. The predicted octanol–water partition coefficient (Wildman–Crippen LogP) is 2.45. The van der Waals surface area contributed by atoms with E-state index in [2.05, 4.69) is 10.6 Å². The summed E-state index contributed by atoms with van der Waals surface area (Å²) in [5.74, 6) is -0.199. The van der Waals surface area contributed by atoms with Gasteiger partial charge in [0.25, 0.3) is 0 Å². The van der Waals surface area contributed by atoms with Gasteiger partial charge in [0.15, 0.2) is 9.84 Å². The van der Waals surface area contributed by atoms with E-state index in [1.807, 2.05) is 25.1 Å². The van der Waals surface area contributed by atoms with Gasteiger partial charge < -0.3 is 10.6 Å². The Labute approximate surface area is 130 Å². The summed E-state index contributed by atoms with van der Waals surface area (Å²) in [6.07, 6.45) is 1.16. The number of hydrogen-bond acceptors (Lipinski definition) is 4. The molecule has 0 bridgehead atoms. The van der Waals surface area contributed by atoms with E-state index in [9.17, 15) is 13.2 Å². The van der Waals surface area contributed by atoms with Gasteiger partial charge in [-0.3, -0.25) is 4.79 Å². The predicted molar refractivity (Wildman–Crippen MR) is 87.9 cm³/mol. The monoisotopic (exact) mass is 318 g/mol. The maximum Gasteiger partial charge on any atom is 0.243 e. The van der Waals surface area contributed by atoms with Crippen molar-refractivity contribution in [2.24, 2.45) is 0 Å². The fourth-order valence-corrected chi connectivity index (χ4v) is 2.57. The van der Waals surface area contributed by atoms with E-state index in [0.717, 1.165) is 17.5 Å². The summed E-state index contributed by atoms with van der Waals surface area (Å²) >= 11 is 0. The van der Waals surface area contributed by atoms with Gasteiger partial charge in [-0.05, 0) is 36.8 Å². The van der Waals surface area contributed by atoms with Crippen LogP contribution in [0.15, 0.2) is 53.4 Å². The average Bonchev–Trinajstić information content (AvgIpc) is 2.46. The highest BCUT2D eigenvalue weighted by atomic mass is 32.2. The average molecular weight is 318 g/mol. The van der Waals surface area contributed by atoms with Gasteiger partial charge >= 0.3 is 0 Å². The van der Waals surface area contributed by atoms with E-state index in [0.29, 0.717) is 5.69 Å². The molecule has 2 aromatic rings. The first-order valence-corrected chi connectivity index (χ1v) is 8.65. The molecule has 0 atom stereocenters. The molecule has 0 heterocycles. The zero-order chi connectivity index (χ0) is 16.2. The Morgan fingerprint density at radius 3 is 2.41 bits per heavy atom. The van der Waals surface area contributed by atoms with Crippen LogP contribution in [0.2, 0.25) is 0 Å². The third-order valence-electron chi connectivity index (χ3n) is 3.13. The number of nitrogens with one attached hydrogen (secondary N) is 2. The van der Waals surface area contributed by atoms with Crippen LogP contribution in [0.5, 0.6) is 0 Å². The van der Waals surface area contributed by atoms with Crippen molar-refractivity contribution >= 4 is 27.1 Å². The Kier molecular flexibility index (Phi) is 4.82. The smallest absolute Gasteiger partial charge is 0.243 e. The van der Waals surface area contributed by atoms with E-state index < -0.39 is 9.84 Å². The summed E-state index contributed by atoms with van der Waals surface area (Å²) in [7, 11) is -3.27. The molecular formula is C16H18N2O3S. The number of para-hydroxylation sites is 1. The van der Waals surface area contributed by atoms with Crippen molar-refractivity contribution in [3.8, 4) is 0 Å². The third-order valence-corrected chi connectivity index (χ3v) is 4.24. The highest BCUT2D eigenvalue weighted by Gasteiger charge is 2.10. The van der Waals surface area contributed by atoms with Gasteiger partial charge in [-0.1, -0.05) is 24.3 Å². The van der Waals surface area contributed by atoms with Gasteiger partial charge in [0, 0.05) is 17.6 Å². The quantitative estimate of drug-likeness (QED) is 0.888. The molecule has 22 heavy (non-hydrogen) atoms. The molecule has 0 spiro atoms. The number of hydrogen-bond donors (Lipinski definition) is 2. The van der Waals surface area contributed by atoms with Crippen molar-refractivity contribution in [3.63, 3.8) is 0 Å². The summed E-state index contributed by atoms with van der Waals surface area (Å²) in [4.78, 5) is 12.1. The number of sulfone groups is 1. The van der Waals surface area contributed by atoms with Crippen molar-refractivity contribution in [1.29, 1.82) is 0 Å². The van der Waals surface area contributed by atoms with Crippen LogP contribution >= 0.6 is 0 Å². The first-order chi connectivity index (χ1) is 10.4. The summed E-state index contributed by atoms with van der Waals surface area (Å²) in [5, 5.41) is 5.73. The minimum atomic E-state index is -3.27. The highest BCUT2D eigenvalue weighted by Crippen LogP contribution is 2.20. The molecule has 0 aliphatic heterocycles. The molecule has 5 nitrogen and oxygen atoms in total. The van der Waals surface area contributed by atoms with Crippen LogP contribution < -0.4 is 10.6 Å². The van der Waals surface area contributed by atoms with Crippen LogP contribution in [-0.4, -0.2) is 27.1 Å². The van der Waals surface area contributed by atoms with Gasteiger partial charge in [-0.15, -0.1) is 0 Å². The second-order valence-electron chi connectivity index (χ2n) is 5.02. The second kappa shape index (κ2) is 6.62. The van der Waals surface area contributed by atoms with E-state index >= 15 is 0 Å². The number of aryl methyl sites for hydroxylation is 1. The highest BCUT2D eigenvalue weighted by molar-refractivity contribution is 7.90. The molecular weight excluding hydrogens is 300 g/mol. The number of anilines is 2. The van der Waals surface area contributed by atoms with Crippen LogP contribution in [0, 0.1) is 6.92 Å². The van der Waals surface area contributed by atoms with Gasteiger partial charge in [-0.25, -0.2) is 8.42 Å². The minimum absolute atomic E-state index is 0.0585. The zero-order valence-corrected chi connectivity index (χ0v) is 13.3. The summed E-state index contributed by atoms with van der Waals surface area (Å²) in [5.41, 5.74) is 2.22. The molecule has 0 unspecified atom stereocenters. The molecule has 2 rings (SSSR count). The number of benzene rings is 2. The number of carbonyl (C=O) groups excluding carboxylic acids is 1. The summed E-state index contributed by atoms with van der Waals surface area (Å²) in [6, 6.07) is 14.0. The lowest BCUT2D eigenvalue weighted by Gasteiger charge is -2.11. The van der Waals surface area contributed by atoms with Gasteiger partial charge in [0.05, 0.1) is 11.4 Å². The van der Waals surface area contributed by atoms with E-state index in [1.54, 1.807) is 30.3 Å². The zero-order valence-electron chi connectivity index (χ0n) is 12.5. The van der Waals surface area contributed by atoms with Crippen LogP contribution in [-0.2, 0) is 14.6 Å². The molecule has 0 saturated heterocycles. The van der Waals surface area contributed by atoms with Gasteiger partial charge in [0.2, 0.25) is 5.91 Å². The molecule has 116 valence electrons. The number of amides is 1. The molecule has 0 radical (unpaired) electrons. The van der Waals surface area contributed by atoms with Crippen LogP contribution in [0.1, 0.15) is 5.56 Å². The summed E-state index contributed by atoms with van der Waals surface area (Å²) < 4.78 is 23.1. The maximum atomic E-state index is 11.9. The van der Waals surface area contributed by atoms with Crippen molar-refractivity contribution in [1.82, 2.24) is 0 Å². The molecule has 6 heteroatoms. The van der Waals surface area contributed by atoms with Crippen LogP contribution in [0.25, 0.3) is 0 Å². The Balaban J connectivity index is 2.03.